The van der Waals surface area contributed by atoms with Crippen molar-refractivity contribution in [3.8, 4) is 5.75 Å². The number of rotatable bonds is 15. The molecule has 200 valence electrons. The van der Waals surface area contributed by atoms with E-state index in [4.69, 9.17) is 0 Å². The van der Waals surface area contributed by atoms with Gasteiger partial charge in [0.2, 0.25) is 5.91 Å². The van der Waals surface area contributed by atoms with Gasteiger partial charge in [-0.3, -0.25) is 14.4 Å². The van der Waals surface area contributed by atoms with Crippen molar-refractivity contribution in [1.82, 2.24) is 10.7 Å². The van der Waals surface area contributed by atoms with Gasteiger partial charge in [-0.05, 0) is 36.3 Å². The molecular weight excluding hydrogens is 478 g/mol. The molecule has 0 fully saturated rings. The number of hydrazone groups is 1. The van der Waals surface area contributed by atoms with Crippen LogP contribution in [-0.2, 0) is 16.0 Å². The molecule has 3 rings (SSSR count). The van der Waals surface area contributed by atoms with Crippen molar-refractivity contribution in [2.45, 2.75) is 64.7 Å². The van der Waals surface area contributed by atoms with E-state index in [0.717, 1.165) is 43.1 Å². The number of hydrogen-bond acceptors (Lipinski definition) is 5. The lowest BCUT2D eigenvalue weighted by Gasteiger charge is -2.09. The molecule has 3 aromatic carbocycles. The molecular formula is C31H37N3O4. The maximum Gasteiger partial charge on any atom is 0.275 e. The number of benzene rings is 3. The fourth-order valence-corrected chi connectivity index (χ4v) is 4.22. The average molecular weight is 516 g/mol. The molecule has 0 unspecified atom stereocenters. The molecule has 2 amide bonds. The van der Waals surface area contributed by atoms with Crippen LogP contribution in [-0.4, -0.2) is 35.0 Å². The molecule has 0 bridgehead atoms. The molecule has 0 aliphatic heterocycles. The van der Waals surface area contributed by atoms with Gasteiger partial charge in [0.25, 0.3) is 5.91 Å². The molecule has 7 heteroatoms. The van der Waals surface area contributed by atoms with Crippen LogP contribution in [0.5, 0.6) is 5.75 Å². The minimum absolute atomic E-state index is 0.0768. The van der Waals surface area contributed by atoms with Gasteiger partial charge in [-0.2, -0.15) is 5.10 Å². The van der Waals surface area contributed by atoms with E-state index in [0.29, 0.717) is 24.1 Å². The van der Waals surface area contributed by atoms with Crippen molar-refractivity contribution in [3.05, 3.63) is 77.9 Å². The highest BCUT2D eigenvalue weighted by molar-refractivity contribution is 6.05. The van der Waals surface area contributed by atoms with E-state index >= 15 is 0 Å². The van der Waals surface area contributed by atoms with E-state index in [9.17, 15) is 19.5 Å². The first-order chi connectivity index (χ1) is 18.5. The second kappa shape index (κ2) is 15.3. The summed E-state index contributed by atoms with van der Waals surface area (Å²) in [5.74, 6) is -0.893. The molecule has 38 heavy (non-hydrogen) atoms. The predicted octanol–water partition coefficient (Wildman–Crippen LogP) is 5.70. The number of unbranched alkanes of at least 4 members (excludes halogenated alkanes) is 3. The summed E-state index contributed by atoms with van der Waals surface area (Å²) in [5, 5.41) is 19.1. The number of nitrogens with zero attached hydrogens (tertiary/aromatic N) is 1. The zero-order valence-corrected chi connectivity index (χ0v) is 22.0. The van der Waals surface area contributed by atoms with Crippen LogP contribution < -0.4 is 10.7 Å². The predicted molar refractivity (Wildman–Crippen MR) is 151 cm³/mol. The monoisotopic (exact) mass is 515 g/mol. The Morgan fingerprint density at radius 1 is 0.842 bits per heavy atom. The SMILES string of the molecule is CCCCCC/C(CC(=O)CCC(=O)NCCc1ccccc1)=N/NC(=O)c1ccc2ccccc2c1O. The van der Waals surface area contributed by atoms with Gasteiger partial charge in [0, 0.05) is 36.9 Å². The number of aromatic hydroxyl groups is 1. The molecule has 0 atom stereocenters. The van der Waals surface area contributed by atoms with Crippen LogP contribution >= 0.6 is 0 Å². The first-order valence-corrected chi connectivity index (χ1v) is 13.4. The Kier molecular flexibility index (Phi) is 11.5. The van der Waals surface area contributed by atoms with Crippen LogP contribution in [0.25, 0.3) is 10.8 Å². The quantitative estimate of drug-likeness (QED) is 0.137. The highest BCUT2D eigenvalue weighted by Crippen LogP contribution is 2.28. The summed E-state index contributed by atoms with van der Waals surface area (Å²) in [6.07, 6.45) is 5.67. The summed E-state index contributed by atoms with van der Waals surface area (Å²) in [7, 11) is 0. The summed E-state index contributed by atoms with van der Waals surface area (Å²) in [6.45, 7) is 2.65. The normalized spacial score (nSPS) is 11.3. The maximum absolute atomic E-state index is 12.8. The van der Waals surface area contributed by atoms with Crippen molar-refractivity contribution < 1.29 is 19.5 Å². The van der Waals surface area contributed by atoms with Crippen LogP contribution in [0, 0.1) is 0 Å². The van der Waals surface area contributed by atoms with Crippen LogP contribution in [0.3, 0.4) is 0 Å². The number of Topliss-reactive ketones (excluding diaryl/α,β-unsaturated/α-hetero) is 1. The summed E-state index contributed by atoms with van der Waals surface area (Å²) < 4.78 is 0. The van der Waals surface area contributed by atoms with E-state index < -0.39 is 5.91 Å². The molecule has 0 aromatic heterocycles. The van der Waals surface area contributed by atoms with E-state index in [-0.39, 0.29) is 42.3 Å². The van der Waals surface area contributed by atoms with Gasteiger partial charge >= 0.3 is 0 Å². The fraction of sp³-hybridized carbons (Fsp3) is 0.355. The number of fused-ring (bicyclic) bond motifs is 1. The largest absolute Gasteiger partial charge is 0.506 e. The zero-order chi connectivity index (χ0) is 27.2. The highest BCUT2D eigenvalue weighted by Gasteiger charge is 2.15. The van der Waals surface area contributed by atoms with Crippen LogP contribution in [0.2, 0.25) is 0 Å². The standard InChI is InChI=1S/C31H37N3O4/c1-2-3-4-8-14-25(22-26(35)17-19-29(36)32-21-20-23-11-6-5-7-12-23)33-34-31(38)28-18-16-24-13-9-10-15-27(24)30(28)37/h5-7,9-13,15-16,18,37H,2-4,8,14,17,19-22H2,1H3,(H,32,36)(H,34,38)/b33-25-. The summed E-state index contributed by atoms with van der Waals surface area (Å²) in [4.78, 5) is 37.6. The Bertz CT molecular complexity index is 1250. The Morgan fingerprint density at radius 2 is 1.61 bits per heavy atom. The number of hydrogen-bond donors (Lipinski definition) is 3. The number of phenols is 1. The third-order valence-electron chi connectivity index (χ3n) is 6.39. The van der Waals surface area contributed by atoms with Crippen molar-refractivity contribution in [3.63, 3.8) is 0 Å². The number of phenolic OH excluding ortho intramolecular Hbond substituents is 1. The summed E-state index contributed by atoms with van der Waals surface area (Å²) in [5.41, 5.74) is 4.36. The van der Waals surface area contributed by atoms with E-state index in [1.165, 1.54) is 0 Å². The first kappa shape index (κ1) is 28.6. The Balaban J connectivity index is 1.53. The molecule has 0 spiro atoms. The van der Waals surface area contributed by atoms with Crippen LogP contribution in [0.1, 0.15) is 74.2 Å². The molecule has 0 radical (unpaired) electrons. The van der Waals surface area contributed by atoms with Crippen LogP contribution in [0.15, 0.2) is 71.8 Å². The van der Waals surface area contributed by atoms with Gasteiger partial charge in [0.1, 0.15) is 11.5 Å². The van der Waals surface area contributed by atoms with Gasteiger partial charge in [0.15, 0.2) is 0 Å². The van der Waals surface area contributed by atoms with E-state index in [1.54, 1.807) is 24.3 Å². The molecule has 3 N–H and O–H groups in total. The lowest BCUT2D eigenvalue weighted by atomic mass is 10.0. The first-order valence-electron chi connectivity index (χ1n) is 13.4. The van der Waals surface area contributed by atoms with Gasteiger partial charge in [-0.15, -0.1) is 0 Å². The minimum Gasteiger partial charge on any atom is -0.506 e. The number of carbonyl (C=O) groups excluding carboxylic acids is 3. The van der Waals surface area contributed by atoms with Gasteiger partial charge in [-0.25, -0.2) is 5.43 Å². The van der Waals surface area contributed by atoms with Crippen molar-refractivity contribution >= 4 is 34.1 Å². The molecule has 0 saturated heterocycles. The lowest BCUT2D eigenvalue weighted by Crippen LogP contribution is -2.26. The molecule has 3 aromatic rings. The third kappa shape index (κ3) is 9.14. The second-order valence-corrected chi connectivity index (χ2v) is 9.41. The smallest absolute Gasteiger partial charge is 0.275 e. The van der Waals surface area contributed by atoms with Crippen molar-refractivity contribution in [1.29, 1.82) is 0 Å². The second-order valence-electron chi connectivity index (χ2n) is 9.41. The lowest BCUT2D eigenvalue weighted by molar-refractivity contribution is -0.124. The van der Waals surface area contributed by atoms with Gasteiger partial charge in [-0.1, -0.05) is 86.8 Å². The molecule has 7 nitrogen and oxygen atoms in total. The number of ketones is 1. The van der Waals surface area contributed by atoms with Gasteiger partial charge in [0.05, 0.1) is 5.56 Å². The van der Waals surface area contributed by atoms with E-state index in [2.05, 4.69) is 22.8 Å². The van der Waals surface area contributed by atoms with E-state index in [1.807, 2.05) is 42.5 Å². The third-order valence-corrected chi connectivity index (χ3v) is 6.39. The average Bonchev–Trinajstić information content (AvgIpc) is 2.93. The van der Waals surface area contributed by atoms with Crippen molar-refractivity contribution in [2.24, 2.45) is 5.10 Å². The molecule has 0 heterocycles. The summed E-state index contributed by atoms with van der Waals surface area (Å²) >= 11 is 0. The molecule has 0 saturated carbocycles. The number of amides is 2. The Morgan fingerprint density at radius 3 is 2.39 bits per heavy atom. The minimum atomic E-state index is -0.537. The Hall–Kier alpha value is -4.00. The zero-order valence-electron chi connectivity index (χ0n) is 22.0. The highest BCUT2D eigenvalue weighted by atomic mass is 16.3. The van der Waals surface area contributed by atoms with Crippen LogP contribution in [0.4, 0.5) is 0 Å². The fourth-order valence-electron chi connectivity index (χ4n) is 4.22. The topological polar surface area (TPSA) is 108 Å². The van der Waals surface area contributed by atoms with Crippen molar-refractivity contribution in [2.75, 3.05) is 6.54 Å². The number of carbonyl (C=O) groups is 3. The maximum atomic E-state index is 12.8. The molecule has 0 aliphatic rings. The Labute approximate surface area is 224 Å². The van der Waals surface area contributed by atoms with Gasteiger partial charge < -0.3 is 10.4 Å². The number of nitrogens with one attached hydrogen (secondary N) is 2. The molecule has 0 aliphatic carbocycles. The summed E-state index contributed by atoms with van der Waals surface area (Å²) in [6, 6.07) is 20.5.